The minimum absolute atomic E-state index is 0.169. The topological polar surface area (TPSA) is 86.1 Å². The number of anilines is 1. The van der Waals surface area contributed by atoms with Gasteiger partial charge in [0.15, 0.2) is 11.0 Å². The number of amides is 1. The van der Waals surface area contributed by atoms with Gasteiger partial charge in [0, 0.05) is 11.4 Å². The van der Waals surface area contributed by atoms with Gasteiger partial charge in [-0.2, -0.15) is 0 Å². The molecule has 0 saturated carbocycles. The molecule has 3 aromatic heterocycles. The zero-order valence-corrected chi connectivity index (χ0v) is 19.9. The number of hydrogen-bond acceptors (Lipinski definition) is 8. The highest BCUT2D eigenvalue weighted by molar-refractivity contribution is 7.99. The van der Waals surface area contributed by atoms with Gasteiger partial charge in [-0.1, -0.05) is 24.8 Å². The first-order valence-corrected chi connectivity index (χ1v) is 12.9. The molecular formula is C21H24N4O3S3. The number of esters is 1. The molecule has 0 atom stereocenters. The van der Waals surface area contributed by atoms with E-state index in [-0.39, 0.29) is 17.6 Å². The van der Waals surface area contributed by atoms with Crippen LogP contribution >= 0.6 is 34.4 Å². The fourth-order valence-corrected chi connectivity index (χ4v) is 6.45. The van der Waals surface area contributed by atoms with Crippen LogP contribution < -0.4 is 5.32 Å². The van der Waals surface area contributed by atoms with E-state index in [9.17, 15) is 9.59 Å². The molecule has 31 heavy (non-hydrogen) atoms. The van der Waals surface area contributed by atoms with Crippen LogP contribution in [0.15, 0.2) is 22.7 Å². The molecule has 1 aliphatic rings. The summed E-state index contributed by atoms with van der Waals surface area (Å²) in [4.78, 5) is 27.3. The summed E-state index contributed by atoms with van der Waals surface area (Å²) in [5.74, 6) is 0.469. The van der Waals surface area contributed by atoms with E-state index >= 15 is 0 Å². The Morgan fingerprint density at radius 1 is 1.29 bits per heavy atom. The Morgan fingerprint density at radius 3 is 2.87 bits per heavy atom. The standard InChI is InChI=1S/C21H24N4O3S3/c1-3-10-25-18(15-9-6-11-29-15)23-24-21(25)30-12-16(26)22-19-17(20(27)28-2)13-7-4-5-8-14(13)31-19/h6,9,11H,3-5,7-8,10,12H2,1-2H3,(H,22,26). The Bertz CT molecular complexity index is 1070. The van der Waals surface area contributed by atoms with Gasteiger partial charge in [-0.15, -0.1) is 32.9 Å². The van der Waals surface area contributed by atoms with Gasteiger partial charge in [-0.05, 0) is 49.1 Å². The van der Waals surface area contributed by atoms with Crippen molar-refractivity contribution in [2.75, 3.05) is 18.2 Å². The summed E-state index contributed by atoms with van der Waals surface area (Å²) in [5.41, 5.74) is 1.56. The van der Waals surface area contributed by atoms with Crippen molar-refractivity contribution in [3.05, 3.63) is 33.5 Å². The third kappa shape index (κ3) is 4.70. The van der Waals surface area contributed by atoms with E-state index in [1.807, 2.05) is 17.5 Å². The van der Waals surface area contributed by atoms with E-state index in [0.717, 1.165) is 60.1 Å². The van der Waals surface area contributed by atoms with Crippen LogP contribution in [-0.4, -0.2) is 39.5 Å². The van der Waals surface area contributed by atoms with Gasteiger partial charge < -0.3 is 14.6 Å². The van der Waals surface area contributed by atoms with Crippen LogP contribution in [0.5, 0.6) is 0 Å². The fourth-order valence-electron chi connectivity index (χ4n) is 3.67. The second kappa shape index (κ2) is 9.97. The number of thiophene rings is 2. The van der Waals surface area contributed by atoms with Crippen LogP contribution in [0.2, 0.25) is 0 Å². The number of methoxy groups -OCH3 is 1. The van der Waals surface area contributed by atoms with Gasteiger partial charge in [0.2, 0.25) is 5.91 Å². The molecule has 0 spiro atoms. The number of ether oxygens (including phenoxy) is 1. The number of rotatable bonds is 8. The number of nitrogens with one attached hydrogen (secondary N) is 1. The molecular weight excluding hydrogens is 452 g/mol. The first-order chi connectivity index (χ1) is 15.1. The number of thioether (sulfide) groups is 1. The van der Waals surface area contributed by atoms with Gasteiger partial charge in [0.1, 0.15) is 5.00 Å². The van der Waals surface area contributed by atoms with Crippen LogP contribution in [0.25, 0.3) is 10.7 Å². The van der Waals surface area contributed by atoms with Gasteiger partial charge >= 0.3 is 5.97 Å². The third-order valence-corrected chi connectivity index (χ3v) is 8.09. The lowest BCUT2D eigenvalue weighted by Crippen LogP contribution is -2.17. The predicted molar refractivity (Wildman–Crippen MR) is 125 cm³/mol. The largest absolute Gasteiger partial charge is 0.465 e. The Hall–Kier alpha value is -2.17. The number of carbonyl (C=O) groups is 2. The summed E-state index contributed by atoms with van der Waals surface area (Å²) >= 11 is 4.47. The smallest absolute Gasteiger partial charge is 0.341 e. The minimum atomic E-state index is -0.384. The van der Waals surface area contributed by atoms with Crippen LogP contribution in [0.3, 0.4) is 0 Å². The summed E-state index contributed by atoms with van der Waals surface area (Å²) in [6.45, 7) is 2.89. The molecule has 7 nitrogen and oxygen atoms in total. The number of hydrogen-bond donors (Lipinski definition) is 1. The van der Waals surface area contributed by atoms with Gasteiger partial charge in [-0.25, -0.2) is 4.79 Å². The molecule has 0 saturated heterocycles. The highest BCUT2D eigenvalue weighted by Crippen LogP contribution is 2.38. The minimum Gasteiger partial charge on any atom is -0.465 e. The molecule has 1 N–H and O–H groups in total. The van der Waals surface area contributed by atoms with Gasteiger partial charge in [0.25, 0.3) is 0 Å². The summed E-state index contributed by atoms with van der Waals surface area (Å²) in [5, 5.41) is 14.9. The maximum Gasteiger partial charge on any atom is 0.341 e. The summed E-state index contributed by atoms with van der Waals surface area (Å²) < 4.78 is 7.05. The molecule has 0 bridgehead atoms. The predicted octanol–water partition coefficient (Wildman–Crippen LogP) is 4.87. The number of aromatic nitrogens is 3. The van der Waals surface area contributed by atoms with E-state index in [2.05, 4.69) is 27.0 Å². The number of nitrogens with zero attached hydrogens (tertiary/aromatic N) is 3. The van der Waals surface area contributed by atoms with E-state index in [0.29, 0.717) is 10.6 Å². The Morgan fingerprint density at radius 2 is 2.13 bits per heavy atom. The summed E-state index contributed by atoms with van der Waals surface area (Å²) in [7, 11) is 1.38. The lowest BCUT2D eigenvalue weighted by molar-refractivity contribution is -0.113. The van der Waals surface area contributed by atoms with Crippen molar-refractivity contribution >= 4 is 51.3 Å². The maximum absolute atomic E-state index is 12.7. The van der Waals surface area contributed by atoms with Crippen LogP contribution in [0.4, 0.5) is 5.00 Å². The van der Waals surface area contributed by atoms with Crippen molar-refractivity contribution in [1.29, 1.82) is 0 Å². The molecule has 0 fully saturated rings. The molecule has 0 radical (unpaired) electrons. The van der Waals surface area contributed by atoms with Crippen molar-refractivity contribution in [3.63, 3.8) is 0 Å². The second-order valence-electron chi connectivity index (χ2n) is 7.18. The Balaban J connectivity index is 1.48. The van der Waals surface area contributed by atoms with Crippen molar-refractivity contribution in [2.45, 2.75) is 50.7 Å². The molecule has 4 rings (SSSR count). The first kappa shape index (κ1) is 22.0. The molecule has 0 aliphatic heterocycles. The van der Waals surface area contributed by atoms with E-state index < -0.39 is 0 Å². The van der Waals surface area contributed by atoms with Crippen molar-refractivity contribution in [2.24, 2.45) is 0 Å². The number of carbonyl (C=O) groups excluding carboxylic acids is 2. The van der Waals surface area contributed by atoms with Gasteiger partial charge in [0.05, 0.1) is 23.3 Å². The van der Waals surface area contributed by atoms with Crippen LogP contribution in [0, 0.1) is 0 Å². The first-order valence-electron chi connectivity index (χ1n) is 10.2. The Kier molecular flexibility index (Phi) is 7.09. The normalized spacial score (nSPS) is 13.1. The molecule has 0 unspecified atom stereocenters. The number of fused-ring (bicyclic) bond motifs is 1. The average Bonchev–Trinajstić information content (AvgIpc) is 3.50. The Labute approximate surface area is 193 Å². The monoisotopic (exact) mass is 476 g/mol. The van der Waals surface area contributed by atoms with E-state index in [4.69, 9.17) is 4.74 Å². The van der Waals surface area contributed by atoms with E-state index in [1.165, 1.54) is 35.1 Å². The van der Waals surface area contributed by atoms with Crippen molar-refractivity contribution in [3.8, 4) is 10.7 Å². The van der Waals surface area contributed by atoms with Crippen LogP contribution in [0.1, 0.15) is 47.0 Å². The van der Waals surface area contributed by atoms with Crippen LogP contribution in [-0.2, 0) is 28.9 Å². The highest BCUT2D eigenvalue weighted by atomic mass is 32.2. The number of aryl methyl sites for hydroxylation is 1. The lowest BCUT2D eigenvalue weighted by Gasteiger charge is -2.11. The third-order valence-electron chi connectivity index (χ3n) is 5.05. The molecule has 10 heteroatoms. The summed E-state index contributed by atoms with van der Waals surface area (Å²) in [6.07, 6.45) is 4.90. The zero-order chi connectivity index (χ0) is 21.8. The quantitative estimate of drug-likeness (QED) is 0.369. The molecule has 3 heterocycles. The lowest BCUT2D eigenvalue weighted by atomic mass is 9.95. The van der Waals surface area contributed by atoms with Crippen molar-refractivity contribution < 1.29 is 14.3 Å². The van der Waals surface area contributed by atoms with Crippen molar-refractivity contribution in [1.82, 2.24) is 14.8 Å². The SMILES string of the molecule is CCCn1c(SCC(=O)Nc2sc3c(c2C(=O)OC)CCCC3)nnc1-c1cccs1. The van der Waals surface area contributed by atoms with Gasteiger partial charge in [-0.3, -0.25) is 4.79 Å². The molecule has 3 aromatic rings. The molecule has 164 valence electrons. The fraction of sp³-hybridized carbons (Fsp3) is 0.429. The average molecular weight is 477 g/mol. The molecule has 0 aromatic carbocycles. The zero-order valence-electron chi connectivity index (χ0n) is 17.5. The van der Waals surface area contributed by atoms with E-state index in [1.54, 1.807) is 11.3 Å². The molecule has 1 amide bonds. The highest BCUT2D eigenvalue weighted by Gasteiger charge is 2.27. The molecule has 1 aliphatic carbocycles. The second-order valence-corrected chi connectivity index (χ2v) is 10.2. The maximum atomic E-state index is 12.7. The summed E-state index contributed by atoms with van der Waals surface area (Å²) in [6, 6.07) is 4.01.